The number of rotatable bonds is 4. The smallest absolute Gasteiger partial charge is 0.0406 e. The Bertz CT molecular complexity index is 380. The molecule has 3 heteroatoms. The molecular weight excluding hydrogens is 262 g/mol. The summed E-state index contributed by atoms with van der Waals surface area (Å²) in [6.07, 6.45) is 3.99. The average Bonchev–Trinajstić information content (AvgIpc) is 2.82. The van der Waals surface area contributed by atoms with Crippen LogP contribution >= 0.6 is 23.4 Å². The van der Waals surface area contributed by atoms with Crippen molar-refractivity contribution in [2.45, 2.75) is 31.2 Å². The molecule has 3 rings (SSSR count). The zero-order valence-corrected chi connectivity index (χ0v) is 12.1. The van der Waals surface area contributed by atoms with Gasteiger partial charge in [-0.2, -0.15) is 11.8 Å². The average molecular weight is 282 g/mol. The summed E-state index contributed by atoms with van der Waals surface area (Å²) in [4.78, 5) is 0. The summed E-state index contributed by atoms with van der Waals surface area (Å²) < 4.78 is 0. The van der Waals surface area contributed by atoms with Crippen LogP contribution in [-0.2, 0) is 0 Å². The van der Waals surface area contributed by atoms with Gasteiger partial charge in [0.05, 0.1) is 0 Å². The van der Waals surface area contributed by atoms with Crippen molar-refractivity contribution in [1.82, 2.24) is 5.32 Å². The van der Waals surface area contributed by atoms with Crippen LogP contribution in [0.3, 0.4) is 0 Å². The summed E-state index contributed by atoms with van der Waals surface area (Å²) in [5.74, 6) is 4.40. The maximum absolute atomic E-state index is 5.91. The van der Waals surface area contributed by atoms with Crippen LogP contribution in [0.15, 0.2) is 24.3 Å². The lowest BCUT2D eigenvalue weighted by Crippen LogP contribution is -2.42. The first-order valence-electron chi connectivity index (χ1n) is 6.88. The number of hydrogen-bond acceptors (Lipinski definition) is 2. The number of nitrogens with one attached hydrogen (secondary N) is 1. The SMILES string of the molecule is Clc1ccc(C2CC(NCC3CCSC3)C2)cc1. The topological polar surface area (TPSA) is 12.0 Å². The van der Waals surface area contributed by atoms with Gasteiger partial charge < -0.3 is 5.32 Å². The molecule has 1 N–H and O–H groups in total. The van der Waals surface area contributed by atoms with E-state index in [0.717, 1.165) is 22.9 Å². The Labute approximate surface area is 119 Å². The molecule has 0 bridgehead atoms. The zero-order chi connectivity index (χ0) is 12.4. The zero-order valence-electron chi connectivity index (χ0n) is 10.6. The molecule has 1 aliphatic heterocycles. The van der Waals surface area contributed by atoms with E-state index in [2.05, 4.69) is 29.2 Å². The maximum Gasteiger partial charge on any atom is 0.0406 e. The summed E-state index contributed by atoms with van der Waals surface area (Å²) in [5.41, 5.74) is 1.45. The molecule has 0 amide bonds. The molecule has 0 spiro atoms. The Hall–Kier alpha value is -0.180. The first kappa shape index (κ1) is 12.8. The van der Waals surface area contributed by atoms with E-state index in [1.807, 2.05) is 12.1 Å². The third kappa shape index (κ3) is 3.04. The van der Waals surface area contributed by atoms with Crippen LogP contribution < -0.4 is 5.32 Å². The third-order valence-electron chi connectivity index (χ3n) is 4.20. The van der Waals surface area contributed by atoms with Crippen LogP contribution in [-0.4, -0.2) is 24.1 Å². The van der Waals surface area contributed by atoms with Gasteiger partial charge in [-0.15, -0.1) is 0 Å². The van der Waals surface area contributed by atoms with E-state index in [1.54, 1.807) is 0 Å². The number of benzene rings is 1. The molecule has 1 saturated heterocycles. The quantitative estimate of drug-likeness (QED) is 0.897. The Morgan fingerprint density at radius 3 is 2.67 bits per heavy atom. The Kier molecular flexibility index (Phi) is 4.17. The second kappa shape index (κ2) is 5.85. The van der Waals surface area contributed by atoms with Crippen molar-refractivity contribution in [3.8, 4) is 0 Å². The molecule has 0 radical (unpaired) electrons. The summed E-state index contributed by atoms with van der Waals surface area (Å²) >= 11 is 8.02. The van der Waals surface area contributed by atoms with Gasteiger partial charge in [-0.3, -0.25) is 0 Å². The molecule has 1 aliphatic carbocycles. The van der Waals surface area contributed by atoms with Gasteiger partial charge in [-0.05, 0) is 66.8 Å². The highest BCUT2D eigenvalue weighted by molar-refractivity contribution is 7.99. The van der Waals surface area contributed by atoms with Gasteiger partial charge in [0.2, 0.25) is 0 Å². The molecule has 1 nitrogen and oxygen atoms in total. The first-order valence-corrected chi connectivity index (χ1v) is 8.41. The molecule has 1 atom stereocenters. The van der Waals surface area contributed by atoms with Crippen LogP contribution in [0.2, 0.25) is 5.02 Å². The van der Waals surface area contributed by atoms with E-state index in [1.165, 1.54) is 42.9 Å². The lowest BCUT2D eigenvalue weighted by atomic mass is 9.76. The van der Waals surface area contributed by atoms with Crippen molar-refractivity contribution >= 4 is 23.4 Å². The fourth-order valence-electron chi connectivity index (χ4n) is 2.87. The number of thioether (sulfide) groups is 1. The van der Waals surface area contributed by atoms with E-state index in [9.17, 15) is 0 Å². The lowest BCUT2D eigenvalue weighted by molar-refractivity contribution is 0.280. The molecule has 0 aromatic heterocycles. The maximum atomic E-state index is 5.91. The van der Waals surface area contributed by atoms with Gasteiger partial charge in [0.1, 0.15) is 0 Å². The fourth-order valence-corrected chi connectivity index (χ4v) is 4.28. The van der Waals surface area contributed by atoms with Crippen molar-refractivity contribution in [3.05, 3.63) is 34.9 Å². The van der Waals surface area contributed by atoms with Crippen molar-refractivity contribution < 1.29 is 0 Å². The fraction of sp³-hybridized carbons (Fsp3) is 0.600. The Morgan fingerprint density at radius 1 is 1.22 bits per heavy atom. The minimum absolute atomic E-state index is 0.747. The summed E-state index contributed by atoms with van der Waals surface area (Å²) in [7, 11) is 0. The van der Waals surface area contributed by atoms with Gasteiger partial charge in [0.25, 0.3) is 0 Å². The first-order chi connectivity index (χ1) is 8.81. The Morgan fingerprint density at radius 2 is 2.00 bits per heavy atom. The summed E-state index contributed by atoms with van der Waals surface area (Å²) in [5, 5.41) is 4.57. The monoisotopic (exact) mass is 281 g/mol. The number of halogens is 1. The highest BCUT2D eigenvalue weighted by Gasteiger charge is 2.30. The third-order valence-corrected chi connectivity index (χ3v) is 5.68. The predicted octanol–water partition coefficient (Wildman–Crippen LogP) is 3.93. The second-order valence-electron chi connectivity index (χ2n) is 5.55. The molecule has 18 heavy (non-hydrogen) atoms. The van der Waals surface area contributed by atoms with E-state index in [-0.39, 0.29) is 0 Å². The molecule has 1 aromatic carbocycles. The van der Waals surface area contributed by atoms with Crippen molar-refractivity contribution in [3.63, 3.8) is 0 Å². The number of hydrogen-bond donors (Lipinski definition) is 1. The van der Waals surface area contributed by atoms with Gasteiger partial charge in [0.15, 0.2) is 0 Å². The molecule has 1 heterocycles. The highest BCUT2D eigenvalue weighted by atomic mass is 35.5. The molecule has 2 fully saturated rings. The molecule has 98 valence electrons. The minimum Gasteiger partial charge on any atom is -0.314 e. The van der Waals surface area contributed by atoms with Gasteiger partial charge in [-0.25, -0.2) is 0 Å². The van der Waals surface area contributed by atoms with E-state index in [4.69, 9.17) is 11.6 Å². The molecule has 1 saturated carbocycles. The summed E-state index contributed by atoms with van der Waals surface area (Å²) in [6.45, 7) is 1.23. The summed E-state index contributed by atoms with van der Waals surface area (Å²) in [6, 6.07) is 9.12. The van der Waals surface area contributed by atoms with E-state index >= 15 is 0 Å². The van der Waals surface area contributed by atoms with Crippen molar-refractivity contribution in [1.29, 1.82) is 0 Å². The van der Waals surface area contributed by atoms with Crippen LogP contribution in [0.25, 0.3) is 0 Å². The van der Waals surface area contributed by atoms with Crippen LogP contribution in [0.4, 0.5) is 0 Å². The van der Waals surface area contributed by atoms with E-state index < -0.39 is 0 Å². The molecule has 1 unspecified atom stereocenters. The molecule has 1 aromatic rings. The second-order valence-corrected chi connectivity index (χ2v) is 7.14. The van der Waals surface area contributed by atoms with Gasteiger partial charge in [0, 0.05) is 11.1 Å². The predicted molar refractivity (Wildman–Crippen MR) is 80.6 cm³/mol. The highest BCUT2D eigenvalue weighted by Crippen LogP contribution is 2.37. The van der Waals surface area contributed by atoms with Crippen molar-refractivity contribution in [2.24, 2.45) is 5.92 Å². The molecule has 2 aliphatic rings. The standard InChI is InChI=1S/C15H20ClNS/c16-14-3-1-12(2-4-14)13-7-15(8-13)17-9-11-5-6-18-10-11/h1-4,11,13,15,17H,5-10H2. The van der Waals surface area contributed by atoms with Crippen LogP contribution in [0.5, 0.6) is 0 Å². The lowest BCUT2D eigenvalue weighted by Gasteiger charge is -2.37. The van der Waals surface area contributed by atoms with Gasteiger partial charge in [-0.1, -0.05) is 23.7 Å². The van der Waals surface area contributed by atoms with Crippen LogP contribution in [0, 0.1) is 5.92 Å². The normalized spacial score (nSPS) is 31.3. The van der Waals surface area contributed by atoms with Gasteiger partial charge >= 0.3 is 0 Å². The molecular formula is C15H20ClNS. The van der Waals surface area contributed by atoms with E-state index in [0.29, 0.717) is 0 Å². The Balaban J connectivity index is 1.41. The minimum atomic E-state index is 0.747. The van der Waals surface area contributed by atoms with Crippen molar-refractivity contribution in [2.75, 3.05) is 18.1 Å². The van der Waals surface area contributed by atoms with Crippen LogP contribution in [0.1, 0.15) is 30.7 Å². The largest absolute Gasteiger partial charge is 0.314 e.